The fourth-order valence-electron chi connectivity index (χ4n) is 4.23. The molecule has 180 valence electrons. The van der Waals surface area contributed by atoms with E-state index in [9.17, 15) is 14.7 Å². The quantitative estimate of drug-likeness (QED) is 0.273. The largest absolute Gasteiger partial charge is 0.507 e. The van der Waals surface area contributed by atoms with Crippen LogP contribution in [0.4, 0.5) is 5.69 Å². The van der Waals surface area contributed by atoms with Gasteiger partial charge in [0, 0.05) is 5.56 Å². The summed E-state index contributed by atoms with van der Waals surface area (Å²) in [6.07, 6.45) is 0. The van der Waals surface area contributed by atoms with Gasteiger partial charge in [-0.25, -0.2) is 0 Å². The normalized spacial score (nSPS) is 17.2. The first kappa shape index (κ1) is 24.1. The van der Waals surface area contributed by atoms with Crippen LogP contribution in [0.25, 0.3) is 5.76 Å². The Kier molecular flexibility index (Phi) is 6.92. The van der Waals surface area contributed by atoms with Crippen molar-refractivity contribution in [1.29, 1.82) is 0 Å². The van der Waals surface area contributed by atoms with Crippen LogP contribution in [0.15, 0.2) is 78.4 Å². The van der Waals surface area contributed by atoms with E-state index in [-0.39, 0.29) is 11.3 Å². The molecule has 1 fully saturated rings. The van der Waals surface area contributed by atoms with Crippen molar-refractivity contribution in [3.63, 3.8) is 0 Å². The first-order chi connectivity index (χ1) is 16.8. The molecule has 6 heteroatoms. The van der Waals surface area contributed by atoms with Crippen LogP contribution in [0.3, 0.4) is 0 Å². The number of ketones is 1. The lowest BCUT2D eigenvalue weighted by molar-refractivity contribution is -0.132. The molecule has 0 spiro atoms. The van der Waals surface area contributed by atoms with Crippen LogP contribution in [0.1, 0.15) is 36.6 Å². The summed E-state index contributed by atoms with van der Waals surface area (Å²) in [5, 5.41) is 11.4. The molecule has 1 aliphatic rings. The SMILES string of the molecule is COc1ccccc1N1C(=O)C(=O)/C(=C(\O)c2ccc(OCC(C)C)c(C)c2)C1c1ccccc1. The van der Waals surface area contributed by atoms with Gasteiger partial charge < -0.3 is 14.6 Å². The molecule has 35 heavy (non-hydrogen) atoms. The van der Waals surface area contributed by atoms with Crippen LogP contribution >= 0.6 is 0 Å². The molecule has 1 N–H and O–H groups in total. The second kappa shape index (κ2) is 10.1. The zero-order chi connectivity index (χ0) is 25.1. The van der Waals surface area contributed by atoms with E-state index < -0.39 is 17.7 Å². The van der Waals surface area contributed by atoms with E-state index in [0.717, 1.165) is 5.56 Å². The molecular weight excluding hydrogens is 442 g/mol. The number of rotatable bonds is 7. The zero-order valence-corrected chi connectivity index (χ0v) is 20.3. The Morgan fingerprint density at radius 1 is 0.971 bits per heavy atom. The zero-order valence-electron chi connectivity index (χ0n) is 20.3. The van der Waals surface area contributed by atoms with Gasteiger partial charge in [-0.2, -0.15) is 0 Å². The smallest absolute Gasteiger partial charge is 0.300 e. The molecule has 0 radical (unpaired) electrons. The summed E-state index contributed by atoms with van der Waals surface area (Å²) < 4.78 is 11.3. The first-order valence-electron chi connectivity index (χ1n) is 11.6. The molecule has 1 heterocycles. The molecule has 1 unspecified atom stereocenters. The first-order valence-corrected chi connectivity index (χ1v) is 11.6. The predicted molar refractivity (Wildman–Crippen MR) is 136 cm³/mol. The highest BCUT2D eigenvalue weighted by Gasteiger charge is 2.47. The summed E-state index contributed by atoms with van der Waals surface area (Å²) in [7, 11) is 1.51. The molecule has 0 aliphatic carbocycles. The van der Waals surface area contributed by atoms with Crippen LogP contribution in [0.5, 0.6) is 11.5 Å². The molecule has 0 aromatic heterocycles. The molecule has 1 amide bonds. The molecule has 3 aromatic rings. The summed E-state index contributed by atoms with van der Waals surface area (Å²) in [4.78, 5) is 28.1. The number of benzene rings is 3. The molecule has 3 aromatic carbocycles. The van der Waals surface area contributed by atoms with Crippen LogP contribution in [0, 0.1) is 12.8 Å². The van der Waals surface area contributed by atoms with Gasteiger partial charge in [0.1, 0.15) is 17.3 Å². The van der Waals surface area contributed by atoms with E-state index in [1.54, 1.807) is 42.5 Å². The minimum absolute atomic E-state index is 0.0300. The third kappa shape index (κ3) is 4.64. The lowest BCUT2D eigenvalue weighted by atomic mass is 9.94. The van der Waals surface area contributed by atoms with Gasteiger partial charge in [-0.3, -0.25) is 14.5 Å². The van der Waals surface area contributed by atoms with E-state index in [1.165, 1.54) is 12.0 Å². The topological polar surface area (TPSA) is 76.1 Å². The number of aliphatic hydroxyl groups is 1. The highest BCUT2D eigenvalue weighted by molar-refractivity contribution is 6.51. The maximum absolute atomic E-state index is 13.3. The van der Waals surface area contributed by atoms with Crippen LogP contribution in [0.2, 0.25) is 0 Å². The number of methoxy groups -OCH3 is 1. The Balaban J connectivity index is 1.86. The molecule has 0 bridgehead atoms. The maximum Gasteiger partial charge on any atom is 0.300 e. The maximum atomic E-state index is 13.3. The summed E-state index contributed by atoms with van der Waals surface area (Å²) in [5.41, 5.74) is 2.46. The number of aliphatic hydroxyl groups excluding tert-OH is 1. The Labute approximate surface area is 205 Å². The average Bonchev–Trinajstić information content (AvgIpc) is 3.13. The van der Waals surface area contributed by atoms with Crippen LogP contribution < -0.4 is 14.4 Å². The third-order valence-electron chi connectivity index (χ3n) is 5.92. The number of aryl methyl sites for hydroxylation is 1. The number of anilines is 1. The van der Waals surface area contributed by atoms with Gasteiger partial charge >= 0.3 is 0 Å². The average molecular weight is 472 g/mol. The minimum atomic E-state index is -0.815. The Morgan fingerprint density at radius 3 is 2.31 bits per heavy atom. The number of carbonyl (C=O) groups excluding carboxylic acids is 2. The number of para-hydroxylation sites is 2. The number of amides is 1. The Bertz CT molecular complexity index is 1280. The number of hydrogen-bond donors (Lipinski definition) is 1. The van der Waals surface area contributed by atoms with Crippen molar-refractivity contribution in [1.82, 2.24) is 0 Å². The summed E-state index contributed by atoms with van der Waals surface area (Å²) in [6.45, 7) is 6.60. The van der Waals surface area contributed by atoms with Gasteiger partial charge in [0.25, 0.3) is 11.7 Å². The molecule has 1 atom stereocenters. The van der Waals surface area contributed by atoms with Gasteiger partial charge in [0.15, 0.2) is 0 Å². The van der Waals surface area contributed by atoms with Crippen molar-refractivity contribution in [2.45, 2.75) is 26.8 Å². The van der Waals surface area contributed by atoms with Crippen molar-refractivity contribution in [2.75, 3.05) is 18.6 Å². The molecule has 4 rings (SSSR count). The van der Waals surface area contributed by atoms with E-state index in [4.69, 9.17) is 9.47 Å². The van der Waals surface area contributed by atoms with Crippen molar-refractivity contribution in [2.24, 2.45) is 5.92 Å². The van der Waals surface area contributed by atoms with Crippen molar-refractivity contribution in [3.8, 4) is 11.5 Å². The van der Waals surface area contributed by atoms with Gasteiger partial charge in [0.2, 0.25) is 0 Å². The minimum Gasteiger partial charge on any atom is -0.507 e. The van der Waals surface area contributed by atoms with Crippen LogP contribution in [-0.4, -0.2) is 30.5 Å². The van der Waals surface area contributed by atoms with Gasteiger partial charge in [-0.05, 0) is 54.3 Å². The molecule has 1 saturated heterocycles. The fraction of sp³-hybridized carbons (Fsp3) is 0.241. The number of hydrogen-bond acceptors (Lipinski definition) is 5. The number of ether oxygens (including phenoxy) is 2. The van der Waals surface area contributed by atoms with Crippen molar-refractivity contribution < 1.29 is 24.2 Å². The van der Waals surface area contributed by atoms with E-state index in [0.29, 0.717) is 40.8 Å². The standard InChI is InChI=1S/C29H29NO5/c1-18(2)17-35-23-15-14-21(16-19(23)3)27(31)25-26(20-10-6-5-7-11-20)30(29(33)28(25)32)22-12-8-9-13-24(22)34-4/h5-16,18,26,31H,17H2,1-4H3/b27-25-. The third-order valence-corrected chi connectivity index (χ3v) is 5.92. The number of carbonyl (C=O) groups is 2. The van der Waals surface area contributed by atoms with Gasteiger partial charge in [-0.1, -0.05) is 56.3 Å². The van der Waals surface area contributed by atoms with E-state index in [1.807, 2.05) is 37.3 Å². The van der Waals surface area contributed by atoms with Crippen molar-refractivity contribution in [3.05, 3.63) is 95.1 Å². The molecular formula is C29H29NO5. The van der Waals surface area contributed by atoms with E-state index in [2.05, 4.69) is 13.8 Å². The highest BCUT2D eigenvalue weighted by atomic mass is 16.5. The lowest BCUT2D eigenvalue weighted by Gasteiger charge is -2.26. The van der Waals surface area contributed by atoms with Crippen LogP contribution in [-0.2, 0) is 9.59 Å². The Morgan fingerprint density at radius 2 is 1.66 bits per heavy atom. The van der Waals surface area contributed by atoms with Crippen molar-refractivity contribution >= 4 is 23.1 Å². The predicted octanol–water partition coefficient (Wildman–Crippen LogP) is 5.66. The molecule has 6 nitrogen and oxygen atoms in total. The summed E-state index contributed by atoms with van der Waals surface area (Å²) in [5.74, 6) is -0.159. The molecule has 0 saturated carbocycles. The number of Topliss-reactive ketones (excluding diaryl/α,β-unsaturated/α-hetero) is 1. The summed E-state index contributed by atoms with van der Waals surface area (Å²) >= 11 is 0. The Hall–Kier alpha value is -4.06. The van der Waals surface area contributed by atoms with Gasteiger partial charge in [0.05, 0.1) is 31.0 Å². The second-order valence-corrected chi connectivity index (χ2v) is 8.94. The van der Waals surface area contributed by atoms with Gasteiger partial charge in [-0.15, -0.1) is 0 Å². The molecule has 1 aliphatic heterocycles. The lowest BCUT2D eigenvalue weighted by Crippen LogP contribution is -2.29. The van der Waals surface area contributed by atoms with E-state index >= 15 is 0 Å². The fourth-order valence-corrected chi connectivity index (χ4v) is 4.23. The summed E-state index contributed by atoms with van der Waals surface area (Å²) in [6, 6.07) is 20.7. The number of nitrogens with zero attached hydrogens (tertiary/aromatic N) is 1. The highest BCUT2D eigenvalue weighted by Crippen LogP contribution is 2.45. The monoisotopic (exact) mass is 471 g/mol. The second-order valence-electron chi connectivity index (χ2n) is 8.94.